The minimum absolute atomic E-state index is 0.0559. The van der Waals surface area contributed by atoms with Crippen molar-refractivity contribution < 1.29 is 17.9 Å². The number of hydrogen-bond acceptors (Lipinski definition) is 4. The number of rotatable bonds is 5. The molecule has 0 amide bonds. The summed E-state index contributed by atoms with van der Waals surface area (Å²) in [5, 5.41) is 13.1. The molecule has 6 nitrogen and oxygen atoms in total. The molecule has 0 unspecified atom stereocenters. The van der Waals surface area contributed by atoms with Gasteiger partial charge in [0.15, 0.2) is 0 Å². The van der Waals surface area contributed by atoms with Crippen LogP contribution < -0.4 is 4.72 Å². The Balaban J connectivity index is 2.37. The molecular formula is C13H16FN3O3S. The summed E-state index contributed by atoms with van der Waals surface area (Å²) in [5.74, 6) is -0.602. The molecule has 0 spiro atoms. The molecule has 1 aromatic heterocycles. The van der Waals surface area contributed by atoms with Gasteiger partial charge in [-0.25, -0.2) is 12.8 Å². The fourth-order valence-electron chi connectivity index (χ4n) is 1.88. The summed E-state index contributed by atoms with van der Waals surface area (Å²) in [7, 11) is -3.86. The highest BCUT2D eigenvalue weighted by molar-refractivity contribution is 7.92. The van der Waals surface area contributed by atoms with Crippen LogP contribution in [0.2, 0.25) is 0 Å². The number of sulfonamides is 1. The van der Waals surface area contributed by atoms with Gasteiger partial charge in [0, 0.05) is 18.3 Å². The Morgan fingerprint density at radius 2 is 2.14 bits per heavy atom. The van der Waals surface area contributed by atoms with E-state index in [0.717, 1.165) is 6.07 Å². The van der Waals surface area contributed by atoms with E-state index in [9.17, 15) is 12.8 Å². The van der Waals surface area contributed by atoms with E-state index >= 15 is 0 Å². The summed E-state index contributed by atoms with van der Waals surface area (Å²) in [4.78, 5) is -0.102. The molecule has 0 fully saturated rings. The number of nitrogens with zero attached hydrogens (tertiary/aromatic N) is 2. The SMILES string of the molecule is CCn1cc(NS(=O)(=O)c2cc(C)c(F)c(CO)c2)cn1. The van der Waals surface area contributed by atoms with E-state index in [1.54, 1.807) is 10.9 Å². The van der Waals surface area contributed by atoms with Crippen LogP contribution in [0.1, 0.15) is 18.1 Å². The van der Waals surface area contributed by atoms with Gasteiger partial charge >= 0.3 is 0 Å². The van der Waals surface area contributed by atoms with Gasteiger partial charge in [0.05, 0.1) is 23.4 Å². The summed E-state index contributed by atoms with van der Waals surface area (Å²) < 4.78 is 42.2. The van der Waals surface area contributed by atoms with E-state index in [1.165, 1.54) is 19.2 Å². The fraction of sp³-hybridized carbons (Fsp3) is 0.308. The maximum atomic E-state index is 13.7. The van der Waals surface area contributed by atoms with Gasteiger partial charge in [0.25, 0.3) is 10.0 Å². The van der Waals surface area contributed by atoms with Crippen LogP contribution in [-0.4, -0.2) is 23.3 Å². The van der Waals surface area contributed by atoms with Crippen molar-refractivity contribution in [1.29, 1.82) is 0 Å². The van der Waals surface area contributed by atoms with Gasteiger partial charge in [0.2, 0.25) is 0 Å². The normalized spacial score (nSPS) is 11.6. The largest absolute Gasteiger partial charge is 0.392 e. The number of anilines is 1. The van der Waals surface area contributed by atoms with E-state index in [-0.39, 0.29) is 16.0 Å². The van der Waals surface area contributed by atoms with Gasteiger partial charge in [0.1, 0.15) is 5.82 Å². The molecular weight excluding hydrogens is 297 g/mol. The third-order valence-corrected chi connectivity index (χ3v) is 4.35. The summed E-state index contributed by atoms with van der Waals surface area (Å²) in [5.41, 5.74) is 0.426. The molecule has 0 saturated carbocycles. The maximum Gasteiger partial charge on any atom is 0.262 e. The third kappa shape index (κ3) is 3.22. The second kappa shape index (κ2) is 5.82. The van der Waals surface area contributed by atoms with Crippen LogP contribution in [0.3, 0.4) is 0 Å². The molecule has 0 radical (unpaired) electrons. The standard InChI is InChI=1S/C13H16FN3O3S/c1-3-17-7-11(6-15-17)16-21(19,20)12-4-9(2)13(14)10(5-12)8-18/h4-7,16,18H,3,8H2,1-2H3. The molecule has 1 heterocycles. The maximum absolute atomic E-state index is 13.7. The number of halogens is 1. The van der Waals surface area contributed by atoms with Crippen LogP contribution in [0.4, 0.5) is 10.1 Å². The van der Waals surface area contributed by atoms with Crippen LogP contribution in [0.5, 0.6) is 0 Å². The Morgan fingerprint density at radius 1 is 1.43 bits per heavy atom. The van der Waals surface area contributed by atoms with Crippen molar-refractivity contribution in [3.63, 3.8) is 0 Å². The van der Waals surface area contributed by atoms with Crippen LogP contribution >= 0.6 is 0 Å². The molecule has 114 valence electrons. The molecule has 0 aliphatic rings. The van der Waals surface area contributed by atoms with Crippen molar-refractivity contribution in [1.82, 2.24) is 9.78 Å². The Bertz CT molecular complexity index is 756. The van der Waals surface area contributed by atoms with Crippen molar-refractivity contribution in [3.05, 3.63) is 41.5 Å². The number of aromatic nitrogens is 2. The lowest BCUT2D eigenvalue weighted by Crippen LogP contribution is -2.14. The molecule has 0 atom stereocenters. The average molecular weight is 313 g/mol. The Morgan fingerprint density at radius 3 is 2.71 bits per heavy atom. The van der Waals surface area contributed by atoms with Crippen molar-refractivity contribution in [3.8, 4) is 0 Å². The number of aryl methyl sites for hydroxylation is 2. The zero-order chi connectivity index (χ0) is 15.6. The summed E-state index contributed by atoms with van der Waals surface area (Å²) in [6.45, 7) is 3.38. The van der Waals surface area contributed by atoms with Gasteiger partial charge in [-0.1, -0.05) is 0 Å². The number of aliphatic hydroxyl groups is 1. The Hall–Kier alpha value is -1.93. The predicted octanol–water partition coefficient (Wildman–Crippen LogP) is 1.64. The lowest BCUT2D eigenvalue weighted by Gasteiger charge is -2.10. The lowest BCUT2D eigenvalue weighted by molar-refractivity contribution is 0.275. The Kier molecular flexibility index (Phi) is 4.29. The van der Waals surface area contributed by atoms with Crippen molar-refractivity contribution in [2.75, 3.05) is 4.72 Å². The van der Waals surface area contributed by atoms with E-state index in [0.29, 0.717) is 12.2 Å². The lowest BCUT2D eigenvalue weighted by atomic mass is 10.1. The minimum atomic E-state index is -3.86. The first-order chi connectivity index (χ1) is 9.87. The van der Waals surface area contributed by atoms with E-state index in [4.69, 9.17) is 5.11 Å². The molecule has 2 aromatic rings. The van der Waals surface area contributed by atoms with Gasteiger partial charge in [-0.3, -0.25) is 9.40 Å². The van der Waals surface area contributed by atoms with Crippen LogP contribution in [-0.2, 0) is 23.2 Å². The molecule has 0 aliphatic heterocycles. The molecule has 0 aliphatic carbocycles. The highest BCUT2D eigenvalue weighted by Gasteiger charge is 2.18. The third-order valence-electron chi connectivity index (χ3n) is 2.99. The van der Waals surface area contributed by atoms with Crippen LogP contribution in [0, 0.1) is 12.7 Å². The molecule has 2 N–H and O–H groups in total. The molecule has 0 bridgehead atoms. The highest BCUT2D eigenvalue weighted by Crippen LogP contribution is 2.21. The smallest absolute Gasteiger partial charge is 0.262 e. The van der Waals surface area contributed by atoms with E-state index in [1.807, 2.05) is 6.92 Å². The van der Waals surface area contributed by atoms with Gasteiger partial charge in [-0.15, -0.1) is 0 Å². The number of nitrogens with one attached hydrogen (secondary N) is 1. The quantitative estimate of drug-likeness (QED) is 0.879. The number of aliphatic hydroxyl groups excluding tert-OH is 1. The first-order valence-corrected chi connectivity index (χ1v) is 7.81. The van der Waals surface area contributed by atoms with Gasteiger partial charge in [-0.05, 0) is 31.5 Å². The van der Waals surface area contributed by atoms with Gasteiger partial charge < -0.3 is 5.11 Å². The van der Waals surface area contributed by atoms with Crippen molar-refractivity contribution >= 4 is 15.7 Å². The molecule has 1 aromatic carbocycles. The summed E-state index contributed by atoms with van der Waals surface area (Å²) in [6, 6.07) is 2.34. The first kappa shape index (κ1) is 15.5. The van der Waals surface area contributed by atoms with Crippen LogP contribution in [0.15, 0.2) is 29.4 Å². The molecule has 2 rings (SSSR count). The molecule has 0 saturated heterocycles. The number of benzene rings is 1. The van der Waals surface area contributed by atoms with E-state index < -0.39 is 22.4 Å². The minimum Gasteiger partial charge on any atom is -0.392 e. The predicted molar refractivity (Wildman–Crippen MR) is 75.8 cm³/mol. The van der Waals surface area contributed by atoms with Crippen molar-refractivity contribution in [2.24, 2.45) is 0 Å². The molecule has 8 heteroatoms. The summed E-state index contributed by atoms with van der Waals surface area (Å²) in [6.07, 6.45) is 2.95. The topological polar surface area (TPSA) is 84.2 Å². The number of hydrogen-bond donors (Lipinski definition) is 2. The fourth-order valence-corrected chi connectivity index (χ4v) is 3.04. The average Bonchev–Trinajstić information content (AvgIpc) is 2.88. The second-order valence-electron chi connectivity index (χ2n) is 4.56. The second-order valence-corrected chi connectivity index (χ2v) is 6.24. The highest BCUT2D eigenvalue weighted by atomic mass is 32.2. The summed E-state index contributed by atoms with van der Waals surface area (Å²) >= 11 is 0. The van der Waals surface area contributed by atoms with Crippen LogP contribution in [0.25, 0.3) is 0 Å². The Labute approximate surface area is 122 Å². The zero-order valence-corrected chi connectivity index (χ0v) is 12.5. The zero-order valence-electron chi connectivity index (χ0n) is 11.7. The molecule has 21 heavy (non-hydrogen) atoms. The van der Waals surface area contributed by atoms with E-state index in [2.05, 4.69) is 9.82 Å². The monoisotopic (exact) mass is 313 g/mol. The first-order valence-electron chi connectivity index (χ1n) is 6.32. The van der Waals surface area contributed by atoms with Crippen molar-refractivity contribution in [2.45, 2.75) is 31.9 Å². The van der Waals surface area contributed by atoms with Gasteiger partial charge in [-0.2, -0.15) is 5.10 Å².